The van der Waals surface area contributed by atoms with Crippen LogP contribution < -0.4 is 5.32 Å². The molecule has 0 aromatic heterocycles. The third kappa shape index (κ3) is 65.1. The molecule has 0 rings (SSSR count). The van der Waals surface area contributed by atoms with Crippen molar-refractivity contribution < 1.29 is 24.5 Å². The van der Waals surface area contributed by atoms with Gasteiger partial charge in [0.05, 0.1) is 25.4 Å². The van der Waals surface area contributed by atoms with Crippen molar-refractivity contribution in [1.29, 1.82) is 0 Å². The number of aliphatic hydroxyl groups excluding tert-OH is 2. The van der Waals surface area contributed by atoms with E-state index in [1.165, 1.54) is 308 Å². The Labute approximate surface area is 494 Å². The Balaban J connectivity index is 3.41. The lowest BCUT2D eigenvalue weighted by Gasteiger charge is -2.22. The van der Waals surface area contributed by atoms with Crippen LogP contribution in [0.4, 0.5) is 0 Å². The first-order valence-electron chi connectivity index (χ1n) is 35.7. The second-order valence-corrected chi connectivity index (χ2v) is 24.6. The fourth-order valence-corrected chi connectivity index (χ4v) is 11.2. The van der Waals surface area contributed by atoms with Crippen LogP contribution in [-0.2, 0) is 14.3 Å². The smallest absolute Gasteiger partial charge is 0.305 e. The second kappa shape index (κ2) is 68.6. The Morgan fingerprint density at radius 1 is 0.354 bits per heavy atom. The van der Waals surface area contributed by atoms with Crippen molar-refractivity contribution in [3.05, 3.63) is 36.5 Å². The van der Waals surface area contributed by atoms with Crippen LogP contribution in [-0.4, -0.2) is 47.4 Å². The maximum atomic E-state index is 12.6. The zero-order valence-electron chi connectivity index (χ0n) is 53.4. The summed E-state index contributed by atoms with van der Waals surface area (Å²) in [6.07, 6.45) is 87.6. The van der Waals surface area contributed by atoms with E-state index in [1.807, 2.05) is 0 Å². The quantitative estimate of drug-likeness (QED) is 0.0320. The second-order valence-electron chi connectivity index (χ2n) is 24.6. The fraction of sp³-hybridized carbons (Fsp3) is 0.890. The first kappa shape index (κ1) is 77.1. The van der Waals surface area contributed by atoms with E-state index in [0.29, 0.717) is 25.9 Å². The highest BCUT2D eigenvalue weighted by Crippen LogP contribution is 2.19. The van der Waals surface area contributed by atoms with Crippen LogP contribution in [0.5, 0.6) is 0 Å². The van der Waals surface area contributed by atoms with Crippen LogP contribution in [0.15, 0.2) is 36.5 Å². The van der Waals surface area contributed by atoms with E-state index in [2.05, 4.69) is 55.6 Å². The van der Waals surface area contributed by atoms with Crippen molar-refractivity contribution in [2.45, 2.75) is 405 Å². The van der Waals surface area contributed by atoms with E-state index in [1.54, 1.807) is 0 Å². The molecule has 6 heteroatoms. The predicted octanol–water partition coefficient (Wildman–Crippen LogP) is 23.1. The minimum absolute atomic E-state index is 0.00249. The molecule has 2 unspecified atom stereocenters. The van der Waals surface area contributed by atoms with Crippen molar-refractivity contribution in [2.24, 2.45) is 0 Å². The summed E-state index contributed by atoms with van der Waals surface area (Å²) < 4.78 is 5.48. The predicted molar refractivity (Wildman–Crippen MR) is 347 cm³/mol. The molecule has 0 saturated carbocycles. The van der Waals surface area contributed by atoms with Crippen molar-refractivity contribution >= 4 is 11.9 Å². The first-order valence-corrected chi connectivity index (χ1v) is 35.7. The monoisotopic (exact) mass is 1110 g/mol. The van der Waals surface area contributed by atoms with Crippen LogP contribution in [0, 0.1) is 0 Å². The number of allylic oxidation sites excluding steroid dienone is 6. The van der Waals surface area contributed by atoms with E-state index in [-0.39, 0.29) is 18.5 Å². The molecule has 0 aromatic carbocycles. The van der Waals surface area contributed by atoms with Gasteiger partial charge in [-0.3, -0.25) is 9.59 Å². The van der Waals surface area contributed by atoms with E-state index in [0.717, 1.165) is 51.4 Å². The molecular formula is C73H139NO5. The van der Waals surface area contributed by atoms with Crippen molar-refractivity contribution in [3.8, 4) is 0 Å². The molecule has 0 aliphatic rings. The summed E-state index contributed by atoms with van der Waals surface area (Å²) >= 11 is 0. The molecule has 2 atom stereocenters. The maximum absolute atomic E-state index is 12.6. The van der Waals surface area contributed by atoms with Gasteiger partial charge >= 0.3 is 5.97 Å². The van der Waals surface area contributed by atoms with Crippen molar-refractivity contribution in [1.82, 2.24) is 5.32 Å². The first-order chi connectivity index (χ1) is 39.0. The molecule has 3 N–H and O–H groups in total. The fourth-order valence-electron chi connectivity index (χ4n) is 11.2. The normalized spacial score (nSPS) is 12.7. The van der Waals surface area contributed by atoms with E-state index >= 15 is 0 Å². The molecule has 0 spiro atoms. The number of aliphatic hydroxyl groups is 2. The maximum Gasteiger partial charge on any atom is 0.305 e. The third-order valence-electron chi connectivity index (χ3n) is 16.7. The topological polar surface area (TPSA) is 95.9 Å². The lowest BCUT2D eigenvalue weighted by molar-refractivity contribution is -0.143. The zero-order chi connectivity index (χ0) is 57.1. The summed E-state index contributed by atoms with van der Waals surface area (Å²) in [5.41, 5.74) is 0. The summed E-state index contributed by atoms with van der Waals surface area (Å²) in [5, 5.41) is 23.4. The highest BCUT2D eigenvalue weighted by atomic mass is 16.5. The molecule has 0 saturated heterocycles. The summed E-state index contributed by atoms with van der Waals surface area (Å²) in [6.45, 7) is 4.94. The van der Waals surface area contributed by atoms with Gasteiger partial charge in [-0.05, 0) is 77.0 Å². The van der Waals surface area contributed by atoms with Gasteiger partial charge in [0.1, 0.15) is 0 Å². The van der Waals surface area contributed by atoms with Crippen LogP contribution in [0.1, 0.15) is 393 Å². The van der Waals surface area contributed by atoms with Gasteiger partial charge in [-0.2, -0.15) is 0 Å². The van der Waals surface area contributed by atoms with Crippen LogP contribution >= 0.6 is 0 Å². The number of rotatable bonds is 67. The molecule has 466 valence electrons. The molecule has 1 amide bonds. The van der Waals surface area contributed by atoms with Crippen LogP contribution in [0.25, 0.3) is 0 Å². The van der Waals surface area contributed by atoms with E-state index in [9.17, 15) is 19.8 Å². The zero-order valence-corrected chi connectivity index (χ0v) is 53.4. The molecule has 0 fully saturated rings. The average molecular weight is 1110 g/mol. The van der Waals surface area contributed by atoms with Gasteiger partial charge < -0.3 is 20.3 Å². The largest absolute Gasteiger partial charge is 0.466 e. The molecule has 6 nitrogen and oxygen atoms in total. The van der Waals surface area contributed by atoms with Gasteiger partial charge in [0.15, 0.2) is 0 Å². The Morgan fingerprint density at radius 2 is 0.646 bits per heavy atom. The number of unbranched alkanes of at least 4 members (excludes halogenated alkanes) is 50. The van der Waals surface area contributed by atoms with Gasteiger partial charge in [-0.1, -0.05) is 339 Å². The minimum atomic E-state index is -0.670. The van der Waals surface area contributed by atoms with Gasteiger partial charge in [-0.15, -0.1) is 0 Å². The summed E-state index contributed by atoms with van der Waals surface area (Å²) in [6, 6.07) is -0.548. The van der Waals surface area contributed by atoms with Gasteiger partial charge in [-0.25, -0.2) is 0 Å². The summed E-state index contributed by atoms with van der Waals surface area (Å²) in [4.78, 5) is 24.6. The van der Waals surface area contributed by atoms with Crippen molar-refractivity contribution in [2.75, 3.05) is 13.2 Å². The number of carbonyl (C=O) groups is 2. The Morgan fingerprint density at radius 3 is 1.01 bits per heavy atom. The molecule has 79 heavy (non-hydrogen) atoms. The number of carbonyl (C=O) groups excluding carboxylic acids is 2. The highest BCUT2D eigenvalue weighted by molar-refractivity contribution is 5.76. The third-order valence-corrected chi connectivity index (χ3v) is 16.7. The van der Waals surface area contributed by atoms with Gasteiger partial charge in [0.25, 0.3) is 0 Å². The van der Waals surface area contributed by atoms with E-state index in [4.69, 9.17) is 4.74 Å². The van der Waals surface area contributed by atoms with E-state index < -0.39 is 12.1 Å². The SMILES string of the molecule is CCCC/C=C\C/C=C\CCCCCCCC(=O)OCCCCCCCCCCCCCC/C=C\CCCCCCCCCC(=O)NC(CO)C(O)CCCCCCCCCCCCCCCCCCCCCCCCCCC. The van der Waals surface area contributed by atoms with Gasteiger partial charge in [0, 0.05) is 12.8 Å². The lowest BCUT2D eigenvalue weighted by atomic mass is 10.0. The lowest BCUT2D eigenvalue weighted by Crippen LogP contribution is -2.45. The van der Waals surface area contributed by atoms with Gasteiger partial charge in [0.2, 0.25) is 5.91 Å². The number of ether oxygens (including phenoxy) is 1. The Kier molecular flexibility index (Phi) is 66.9. The standard InChI is InChI=1S/C73H139NO5/c1-3-5-7-9-11-13-15-17-19-20-21-22-23-24-26-29-32-35-38-41-45-49-53-57-61-65-71(76)70(69-75)74-72(77)66-62-58-54-50-46-42-39-36-33-30-27-25-28-31-34-37-40-44-48-52-56-60-64-68-79-73(78)67-63-59-55-51-47-43-18-16-14-12-10-8-6-4-2/h10,12,16,18,30,33,70-71,75-76H,3-9,11,13-15,17,19-29,31-32,34-69H2,1-2H3,(H,74,77)/b12-10-,18-16-,33-30-. The van der Waals surface area contributed by atoms with Crippen LogP contribution in [0.3, 0.4) is 0 Å². The number of nitrogens with one attached hydrogen (secondary N) is 1. The number of esters is 1. The molecule has 0 radical (unpaired) electrons. The molecule has 0 aliphatic carbocycles. The Hall–Kier alpha value is -1.92. The summed E-state index contributed by atoms with van der Waals surface area (Å²) in [5.74, 6) is -0.0396. The number of hydrogen-bond donors (Lipinski definition) is 3. The molecule has 0 aromatic rings. The average Bonchev–Trinajstić information content (AvgIpc) is 3.45. The molecule has 0 bridgehead atoms. The molecule has 0 heterocycles. The molecule has 0 aliphatic heterocycles. The van der Waals surface area contributed by atoms with Crippen LogP contribution in [0.2, 0.25) is 0 Å². The highest BCUT2D eigenvalue weighted by Gasteiger charge is 2.20. The summed E-state index contributed by atoms with van der Waals surface area (Å²) in [7, 11) is 0. The van der Waals surface area contributed by atoms with Crippen molar-refractivity contribution in [3.63, 3.8) is 0 Å². The number of amides is 1. The Bertz CT molecular complexity index is 1280. The minimum Gasteiger partial charge on any atom is -0.466 e. The number of hydrogen-bond acceptors (Lipinski definition) is 5. The molecular weight excluding hydrogens is 971 g/mol.